The molecule has 4 N–H and O–H groups in total. The number of halogens is 1. The number of rotatable bonds is 4. The number of dihydropyridines is 1. The molecule has 1 aliphatic heterocycles. The molecule has 0 bridgehead atoms. The summed E-state index contributed by atoms with van der Waals surface area (Å²) in [6, 6.07) is 14.4. The van der Waals surface area contributed by atoms with Gasteiger partial charge in [-0.3, -0.25) is 4.79 Å². The maximum absolute atomic E-state index is 11.4. The van der Waals surface area contributed by atoms with Crippen LogP contribution in [0.3, 0.4) is 0 Å². The summed E-state index contributed by atoms with van der Waals surface area (Å²) in [5, 5.41) is 8.47. The third kappa shape index (κ3) is 3.07. The van der Waals surface area contributed by atoms with Crippen molar-refractivity contribution in [2.75, 3.05) is 0 Å². The maximum atomic E-state index is 11.4. The number of nitrogens with one attached hydrogen (secondary N) is 2. The quantitative estimate of drug-likeness (QED) is 0.599. The first-order chi connectivity index (χ1) is 10.6. The fourth-order valence-corrected chi connectivity index (χ4v) is 2.62. The van der Waals surface area contributed by atoms with E-state index < -0.39 is 5.91 Å². The van der Waals surface area contributed by atoms with E-state index in [9.17, 15) is 4.79 Å². The van der Waals surface area contributed by atoms with Gasteiger partial charge in [0.05, 0.1) is 5.57 Å². The van der Waals surface area contributed by atoms with Crippen molar-refractivity contribution < 1.29 is 4.79 Å². The van der Waals surface area contributed by atoms with Crippen molar-refractivity contribution in [2.24, 2.45) is 5.73 Å². The molecule has 1 atom stereocenters. The molecular formula is C17H16ClN3O. The molecule has 0 spiro atoms. The van der Waals surface area contributed by atoms with Gasteiger partial charge in [0, 0.05) is 18.4 Å². The molecule has 3 rings (SSSR count). The van der Waals surface area contributed by atoms with Crippen LogP contribution in [0.2, 0.25) is 0 Å². The zero-order chi connectivity index (χ0) is 15.5. The number of nitrogens with two attached hydrogens (primary N) is 1. The van der Waals surface area contributed by atoms with E-state index in [-0.39, 0.29) is 5.50 Å². The lowest BCUT2D eigenvalue weighted by Gasteiger charge is -2.19. The number of carbonyl (C=O) groups excluding carboxylic acids is 1. The summed E-state index contributed by atoms with van der Waals surface area (Å²) in [4.78, 5) is 11.4. The zero-order valence-corrected chi connectivity index (χ0v) is 12.6. The largest absolute Gasteiger partial charge is 0.380 e. The van der Waals surface area contributed by atoms with Gasteiger partial charge in [0.2, 0.25) is 0 Å². The fraction of sp³-hybridized carbons (Fsp3) is 0.118. The van der Waals surface area contributed by atoms with Gasteiger partial charge in [-0.15, -0.1) is 0 Å². The molecule has 112 valence electrons. The van der Waals surface area contributed by atoms with Gasteiger partial charge in [-0.25, -0.2) is 0 Å². The average molecular weight is 314 g/mol. The number of carbonyl (C=O) groups is 1. The molecule has 0 saturated heterocycles. The molecule has 5 heteroatoms. The Hall–Kier alpha value is -2.46. The van der Waals surface area contributed by atoms with Crippen LogP contribution in [0, 0.1) is 0 Å². The topological polar surface area (TPSA) is 67.2 Å². The average Bonchev–Trinajstić information content (AvgIpc) is 2.52. The van der Waals surface area contributed by atoms with Crippen molar-refractivity contribution in [3.63, 3.8) is 0 Å². The highest BCUT2D eigenvalue weighted by atomic mass is 35.5. The minimum Gasteiger partial charge on any atom is -0.380 e. The predicted octanol–water partition coefficient (Wildman–Crippen LogP) is 2.35. The van der Waals surface area contributed by atoms with Gasteiger partial charge < -0.3 is 16.4 Å². The number of benzene rings is 2. The van der Waals surface area contributed by atoms with E-state index in [0.29, 0.717) is 17.8 Å². The van der Waals surface area contributed by atoms with Gasteiger partial charge in [0.1, 0.15) is 5.50 Å². The SMILES string of the molecule is NC(=O)C1=CNC(Cl)C=C1NCc1ccc2ccccc2c1. The van der Waals surface area contributed by atoms with Crippen molar-refractivity contribution in [3.8, 4) is 0 Å². The highest BCUT2D eigenvalue weighted by molar-refractivity contribution is 6.22. The number of hydrogen-bond donors (Lipinski definition) is 3. The van der Waals surface area contributed by atoms with Crippen LogP contribution >= 0.6 is 11.6 Å². The van der Waals surface area contributed by atoms with Gasteiger partial charge in [0.15, 0.2) is 0 Å². The van der Waals surface area contributed by atoms with Crippen LogP contribution in [0.15, 0.2) is 66.0 Å². The summed E-state index contributed by atoms with van der Waals surface area (Å²) in [6.45, 7) is 0.588. The molecular weight excluding hydrogens is 298 g/mol. The Kier molecular flexibility index (Phi) is 4.02. The van der Waals surface area contributed by atoms with E-state index in [1.54, 1.807) is 12.3 Å². The van der Waals surface area contributed by atoms with Gasteiger partial charge in [-0.05, 0) is 28.5 Å². The molecule has 1 heterocycles. The second kappa shape index (κ2) is 6.12. The van der Waals surface area contributed by atoms with E-state index in [0.717, 1.165) is 5.56 Å². The Bertz CT molecular complexity index is 782. The summed E-state index contributed by atoms with van der Waals surface area (Å²) >= 11 is 6.02. The highest BCUT2D eigenvalue weighted by Crippen LogP contribution is 2.18. The molecule has 4 nitrogen and oxygen atoms in total. The first-order valence-electron chi connectivity index (χ1n) is 6.97. The molecule has 0 fully saturated rings. The standard InChI is InChI=1S/C17H16ClN3O/c18-16-8-15(14(10-21-16)17(19)22)20-9-11-5-6-12-3-1-2-4-13(12)7-11/h1-8,10,16,20-21H,9H2,(H2,19,22). The molecule has 1 aliphatic rings. The minimum atomic E-state index is -0.492. The van der Waals surface area contributed by atoms with Crippen LogP contribution in [0.4, 0.5) is 0 Å². The fourth-order valence-electron chi connectivity index (χ4n) is 2.43. The monoisotopic (exact) mass is 313 g/mol. The summed E-state index contributed by atoms with van der Waals surface area (Å²) < 4.78 is 0. The molecule has 22 heavy (non-hydrogen) atoms. The molecule has 1 amide bonds. The van der Waals surface area contributed by atoms with Crippen LogP contribution in [0.5, 0.6) is 0 Å². The van der Waals surface area contributed by atoms with Gasteiger partial charge >= 0.3 is 0 Å². The summed E-state index contributed by atoms with van der Waals surface area (Å²) in [6.07, 6.45) is 3.28. The number of amides is 1. The van der Waals surface area contributed by atoms with Crippen molar-refractivity contribution in [3.05, 3.63) is 71.6 Å². The van der Waals surface area contributed by atoms with E-state index in [2.05, 4.69) is 41.0 Å². The third-order valence-electron chi connectivity index (χ3n) is 3.55. The smallest absolute Gasteiger partial charge is 0.252 e. The first kappa shape index (κ1) is 14.5. The Morgan fingerprint density at radius 1 is 1.23 bits per heavy atom. The van der Waals surface area contributed by atoms with Crippen molar-refractivity contribution in [1.29, 1.82) is 0 Å². The first-order valence-corrected chi connectivity index (χ1v) is 7.41. The Balaban J connectivity index is 1.77. The Labute approximate surface area is 133 Å². The number of fused-ring (bicyclic) bond motifs is 1. The summed E-state index contributed by atoms with van der Waals surface area (Å²) in [5.74, 6) is -0.492. The van der Waals surface area contributed by atoms with E-state index in [4.69, 9.17) is 17.3 Å². The minimum absolute atomic E-state index is 0.359. The van der Waals surface area contributed by atoms with E-state index in [1.165, 1.54) is 10.8 Å². The van der Waals surface area contributed by atoms with Crippen LogP contribution < -0.4 is 16.4 Å². The second-order valence-corrected chi connectivity index (χ2v) is 5.58. The van der Waals surface area contributed by atoms with Gasteiger partial charge in [-0.2, -0.15) is 0 Å². The van der Waals surface area contributed by atoms with Crippen LogP contribution in [-0.2, 0) is 11.3 Å². The molecule has 2 aromatic rings. The van der Waals surface area contributed by atoms with Crippen molar-refractivity contribution in [1.82, 2.24) is 10.6 Å². The van der Waals surface area contributed by atoms with Crippen LogP contribution in [0.1, 0.15) is 5.56 Å². The number of primary amides is 1. The van der Waals surface area contributed by atoms with E-state index >= 15 is 0 Å². The van der Waals surface area contributed by atoms with Gasteiger partial charge in [-0.1, -0.05) is 48.0 Å². The third-order valence-corrected chi connectivity index (χ3v) is 3.80. The van der Waals surface area contributed by atoms with Gasteiger partial charge in [0.25, 0.3) is 5.91 Å². The molecule has 2 aromatic carbocycles. The summed E-state index contributed by atoms with van der Waals surface area (Å²) in [5.41, 5.74) is 7.19. The Morgan fingerprint density at radius 3 is 2.77 bits per heavy atom. The lowest BCUT2D eigenvalue weighted by molar-refractivity contribution is -0.114. The molecule has 0 saturated carbocycles. The predicted molar refractivity (Wildman–Crippen MR) is 88.9 cm³/mol. The van der Waals surface area contributed by atoms with Crippen molar-refractivity contribution >= 4 is 28.3 Å². The maximum Gasteiger partial charge on any atom is 0.252 e. The molecule has 0 aromatic heterocycles. The lowest BCUT2D eigenvalue weighted by Crippen LogP contribution is -2.31. The Morgan fingerprint density at radius 2 is 2.00 bits per heavy atom. The molecule has 0 aliphatic carbocycles. The summed E-state index contributed by atoms with van der Waals surface area (Å²) in [7, 11) is 0. The van der Waals surface area contributed by atoms with E-state index in [1.807, 2.05) is 12.1 Å². The number of hydrogen-bond acceptors (Lipinski definition) is 3. The molecule has 0 radical (unpaired) electrons. The van der Waals surface area contributed by atoms with Crippen LogP contribution in [0.25, 0.3) is 10.8 Å². The van der Waals surface area contributed by atoms with Crippen LogP contribution in [-0.4, -0.2) is 11.4 Å². The lowest BCUT2D eigenvalue weighted by atomic mass is 10.1. The highest BCUT2D eigenvalue weighted by Gasteiger charge is 2.17. The molecule has 1 unspecified atom stereocenters. The van der Waals surface area contributed by atoms with Crippen molar-refractivity contribution in [2.45, 2.75) is 12.0 Å². The normalized spacial score (nSPS) is 17.4. The second-order valence-electron chi connectivity index (χ2n) is 5.11. The zero-order valence-electron chi connectivity index (χ0n) is 11.8. The number of alkyl halides is 1.